The predicted molar refractivity (Wildman–Crippen MR) is 121 cm³/mol. The van der Waals surface area contributed by atoms with E-state index >= 15 is 0 Å². The molecule has 0 heterocycles. The minimum atomic E-state index is -1.63. The molecular formula is C20H37N7O7. The van der Waals surface area contributed by atoms with Crippen molar-refractivity contribution in [3.05, 3.63) is 0 Å². The average molecular weight is 488 g/mol. The largest absolute Gasteiger partial charge is 0.480 e. The van der Waals surface area contributed by atoms with Crippen molar-refractivity contribution < 1.29 is 33.9 Å². The maximum Gasteiger partial charge on any atom is 0.326 e. The third-order valence-electron chi connectivity index (χ3n) is 4.89. The zero-order chi connectivity index (χ0) is 26.4. The van der Waals surface area contributed by atoms with Gasteiger partial charge in [-0.25, -0.2) is 4.79 Å². The monoisotopic (exact) mass is 487 g/mol. The van der Waals surface area contributed by atoms with Gasteiger partial charge in [0.25, 0.3) is 0 Å². The van der Waals surface area contributed by atoms with Crippen LogP contribution in [0.4, 0.5) is 0 Å². The molecule has 0 aromatic carbocycles. The number of aliphatic carboxylic acids is 1. The van der Waals surface area contributed by atoms with E-state index in [1.807, 2.05) is 0 Å². The second-order valence-corrected chi connectivity index (χ2v) is 8.26. The van der Waals surface area contributed by atoms with Gasteiger partial charge in [-0.1, -0.05) is 20.3 Å². The number of carboxylic acid groups (broad SMARTS) is 1. The Morgan fingerprint density at radius 2 is 1.38 bits per heavy atom. The van der Waals surface area contributed by atoms with Crippen LogP contribution in [0.3, 0.4) is 0 Å². The van der Waals surface area contributed by atoms with Crippen LogP contribution in [0.15, 0.2) is 0 Å². The van der Waals surface area contributed by atoms with Crippen LogP contribution in [0.1, 0.15) is 52.4 Å². The van der Waals surface area contributed by atoms with Crippen molar-refractivity contribution in [1.82, 2.24) is 16.0 Å². The number of rotatable bonds is 17. The minimum Gasteiger partial charge on any atom is -0.480 e. The number of unbranched alkanes of at least 4 members (excludes halogenated alkanes) is 1. The Balaban J connectivity index is 5.44. The molecule has 0 spiro atoms. The van der Waals surface area contributed by atoms with Crippen LogP contribution in [0, 0.1) is 5.92 Å². The van der Waals surface area contributed by atoms with Gasteiger partial charge in [0.1, 0.15) is 18.1 Å². The van der Waals surface area contributed by atoms with Gasteiger partial charge in [-0.3, -0.25) is 24.0 Å². The second-order valence-electron chi connectivity index (χ2n) is 8.26. The fourth-order valence-corrected chi connectivity index (χ4v) is 2.93. The van der Waals surface area contributed by atoms with Crippen LogP contribution < -0.4 is 38.9 Å². The van der Waals surface area contributed by atoms with E-state index in [-0.39, 0.29) is 12.8 Å². The lowest BCUT2D eigenvalue weighted by atomic mass is 10.0. The molecular weight excluding hydrogens is 450 g/mol. The molecule has 14 nitrogen and oxygen atoms in total. The van der Waals surface area contributed by atoms with Crippen LogP contribution in [0.2, 0.25) is 0 Å². The Kier molecular flexibility index (Phi) is 14.1. The number of amides is 5. The summed E-state index contributed by atoms with van der Waals surface area (Å²) in [5.74, 6) is -5.90. The number of primary amides is 2. The third kappa shape index (κ3) is 12.1. The molecule has 0 radical (unpaired) electrons. The van der Waals surface area contributed by atoms with E-state index in [0.29, 0.717) is 25.8 Å². The van der Waals surface area contributed by atoms with E-state index in [2.05, 4.69) is 16.0 Å². The molecule has 0 bridgehead atoms. The zero-order valence-corrected chi connectivity index (χ0v) is 19.5. The first-order chi connectivity index (χ1) is 15.8. The van der Waals surface area contributed by atoms with Gasteiger partial charge in [-0.05, 0) is 31.7 Å². The minimum absolute atomic E-state index is 0.243. The molecule has 0 aromatic heterocycles. The molecule has 5 amide bonds. The summed E-state index contributed by atoms with van der Waals surface area (Å²) in [4.78, 5) is 71.5. The number of hydrogen-bond acceptors (Lipinski definition) is 8. The topological polar surface area (TPSA) is 263 Å². The molecule has 0 saturated carbocycles. The van der Waals surface area contributed by atoms with Crippen LogP contribution in [0.25, 0.3) is 0 Å². The van der Waals surface area contributed by atoms with Crippen LogP contribution in [-0.2, 0) is 28.8 Å². The number of nitrogens with one attached hydrogen (secondary N) is 3. The zero-order valence-electron chi connectivity index (χ0n) is 19.5. The molecule has 0 fully saturated rings. The van der Waals surface area contributed by atoms with E-state index in [1.165, 1.54) is 0 Å². The summed E-state index contributed by atoms with van der Waals surface area (Å²) in [5.41, 5.74) is 21.4. The Morgan fingerprint density at radius 3 is 1.85 bits per heavy atom. The highest BCUT2D eigenvalue weighted by molar-refractivity contribution is 5.95. The predicted octanol–water partition coefficient (Wildman–Crippen LogP) is -3.22. The highest BCUT2D eigenvalue weighted by atomic mass is 16.4. The average Bonchev–Trinajstić information content (AvgIpc) is 2.73. The highest BCUT2D eigenvalue weighted by Gasteiger charge is 2.32. The van der Waals surface area contributed by atoms with Crippen molar-refractivity contribution in [3.8, 4) is 0 Å². The first-order valence-corrected chi connectivity index (χ1v) is 11.0. The van der Waals surface area contributed by atoms with Crippen molar-refractivity contribution in [1.29, 1.82) is 0 Å². The first kappa shape index (κ1) is 30.7. The second kappa shape index (κ2) is 15.6. The molecule has 0 aromatic rings. The highest BCUT2D eigenvalue weighted by Crippen LogP contribution is 2.07. The SMILES string of the molecule is CC(C)C(NC(=O)C(N)CCCCN)C(=O)NC(CCC(N)=O)C(=O)NC(CC(N)=O)C(=O)O. The first-order valence-electron chi connectivity index (χ1n) is 11.0. The smallest absolute Gasteiger partial charge is 0.326 e. The number of hydrogen-bond donors (Lipinski definition) is 8. The van der Waals surface area contributed by atoms with Crippen LogP contribution in [-0.4, -0.2) is 71.3 Å². The van der Waals surface area contributed by atoms with Gasteiger partial charge in [0.05, 0.1) is 12.5 Å². The van der Waals surface area contributed by atoms with Gasteiger partial charge in [0.15, 0.2) is 0 Å². The van der Waals surface area contributed by atoms with E-state index in [9.17, 15) is 33.9 Å². The van der Waals surface area contributed by atoms with Crippen LogP contribution >= 0.6 is 0 Å². The molecule has 0 saturated heterocycles. The van der Waals surface area contributed by atoms with E-state index in [0.717, 1.165) is 0 Å². The van der Waals surface area contributed by atoms with Crippen molar-refractivity contribution >= 4 is 35.5 Å². The van der Waals surface area contributed by atoms with E-state index < -0.39 is 72.0 Å². The standard InChI is InChI=1S/C20H37N7O7/c1-10(2)16(27-17(30)11(22)5-3-4-8-21)19(32)25-12(6-7-14(23)28)18(31)26-13(20(33)34)9-15(24)29/h10-13,16H,3-9,21-22H2,1-2H3,(H2,23,28)(H2,24,29)(H,25,32)(H,26,31)(H,27,30)(H,33,34). The molecule has 4 atom stereocenters. The van der Waals surface area contributed by atoms with Gasteiger partial charge in [-0.2, -0.15) is 0 Å². The molecule has 0 aliphatic rings. The van der Waals surface area contributed by atoms with E-state index in [1.54, 1.807) is 13.8 Å². The van der Waals surface area contributed by atoms with Crippen molar-refractivity contribution in [2.45, 2.75) is 76.5 Å². The van der Waals surface area contributed by atoms with Gasteiger partial charge in [0, 0.05) is 6.42 Å². The lowest BCUT2D eigenvalue weighted by Gasteiger charge is -2.26. The summed E-state index contributed by atoms with van der Waals surface area (Å²) in [6.45, 7) is 3.79. The van der Waals surface area contributed by atoms with Gasteiger partial charge in [0.2, 0.25) is 29.5 Å². The maximum absolute atomic E-state index is 12.9. The normalized spacial score (nSPS) is 14.4. The number of carbonyl (C=O) groups is 6. The number of carbonyl (C=O) groups excluding carboxylic acids is 5. The summed E-state index contributed by atoms with van der Waals surface area (Å²) in [5, 5.41) is 16.3. The molecule has 14 heteroatoms. The van der Waals surface area contributed by atoms with Crippen molar-refractivity contribution in [2.24, 2.45) is 28.9 Å². The fraction of sp³-hybridized carbons (Fsp3) is 0.700. The Hall–Kier alpha value is -3.26. The molecule has 0 aliphatic carbocycles. The van der Waals surface area contributed by atoms with E-state index in [4.69, 9.17) is 22.9 Å². The summed E-state index contributed by atoms with van der Waals surface area (Å²) < 4.78 is 0. The molecule has 194 valence electrons. The molecule has 0 rings (SSSR count). The lowest BCUT2D eigenvalue weighted by molar-refractivity contribution is -0.144. The molecule has 4 unspecified atom stereocenters. The third-order valence-corrected chi connectivity index (χ3v) is 4.89. The summed E-state index contributed by atoms with van der Waals surface area (Å²) in [6.07, 6.45) is 0.484. The Morgan fingerprint density at radius 1 is 0.794 bits per heavy atom. The van der Waals surface area contributed by atoms with Crippen molar-refractivity contribution in [3.63, 3.8) is 0 Å². The molecule has 34 heavy (non-hydrogen) atoms. The Labute approximate surface area is 197 Å². The van der Waals surface area contributed by atoms with Crippen molar-refractivity contribution in [2.75, 3.05) is 6.54 Å². The summed E-state index contributed by atoms with van der Waals surface area (Å²) in [6, 6.07) is -4.94. The van der Waals surface area contributed by atoms with Gasteiger partial charge in [-0.15, -0.1) is 0 Å². The van der Waals surface area contributed by atoms with Crippen LogP contribution in [0.5, 0.6) is 0 Å². The lowest BCUT2D eigenvalue weighted by Crippen LogP contribution is -2.58. The summed E-state index contributed by atoms with van der Waals surface area (Å²) >= 11 is 0. The fourth-order valence-electron chi connectivity index (χ4n) is 2.93. The quantitative estimate of drug-likeness (QED) is 0.0957. The van der Waals surface area contributed by atoms with Gasteiger partial charge >= 0.3 is 5.97 Å². The summed E-state index contributed by atoms with van der Waals surface area (Å²) in [7, 11) is 0. The molecule has 12 N–H and O–H groups in total. The number of carboxylic acids is 1. The maximum atomic E-state index is 12.9. The Bertz CT molecular complexity index is 745. The number of nitrogens with two attached hydrogens (primary N) is 4. The molecule has 0 aliphatic heterocycles. The van der Waals surface area contributed by atoms with Gasteiger partial charge < -0.3 is 44.0 Å².